The average molecular weight is 251 g/mol. The number of aryl methyl sites for hydroxylation is 2. The second-order valence-corrected chi connectivity index (χ2v) is 4.47. The third-order valence-electron chi connectivity index (χ3n) is 1.91. The summed E-state index contributed by atoms with van der Waals surface area (Å²) in [6.45, 7) is 3.75. The lowest BCUT2D eigenvalue weighted by molar-refractivity contribution is -0.131. The number of carboxylic acids is 1. The maximum Gasteiger partial charge on any atom is 0.328 e. The van der Waals surface area contributed by atoms with Gasteiger partial charge in [-0.3, -0.25) is 0 Å². The SMILES string of the molecule is Cc1nc(C)c(-c2nnc(/C=C/C(=O)O)o2)s1. The number of hydrogen-bond donors (Lipinski definition) is 1. The van der Waals surface area contributed by atoms with Gasteiger partial charge in [-0.2, -0.15) is 0 Å². The van der Waals surface area contributed by atoms with E-state index in [1.807, 2.05) is 13.8 Å². The minimum atomic E-state index is -1.06. The van der Waals surface area contributed by atoms with Gasteiger partial charge in [0.25, 0.3) is 5.89 Å². The Kier molecular flexibility index (Phi) is 3.01. The first-order chi connectivity index (χ1) is 8.06. The highest BCUT2D eigenvalue weighted by Gasteiger charge is 2.13. The molecule has 0 bridgehead atoms. The van der Waals surface area contributed by atoms with Crippen LogP contribution in [0.4, 0.5) is 0 Å². The first-order valence-corrected chi connectivity index (χ1v) is 5.57. The summed E-state index contributed by atoms with van der Waals surface area (Å²) >= 11 is 1.46. The number of rotatable bonds is 3. The van der Waals surface area contributed by atoms with Crippen LogP contribution in [0, 0.1) is 13.8 Å². The molecule has 2 aromatic rings. The van der Waals surface area contributed by atoms with Crippen LogP contribution in [-0.2, 0) is 4.79 Å². The average Bonchev–Trinajstić information content (AvgIpc) is 2.82. The van der Waals surface area contributed by atoms with Crippen molar-refractivity contribution in [2.45, 2.75) is 13.8 Å². The predicted octanol–water partition coefficient (Wildman–Crippen LogP) is 1.91. The molecule has 2 aromatic heterocycles. The van der Waals surface area contributed by atoms with Gasteiger partial charge in [-0.05, 0) is 13.8 Å². The Morgan fingerprint density at radius 2 is 2.18 bits per heavy atom. The van der Waals surface area contributed by atoms with Gasteiger partial charge in [0, 0.05) is 12.2 Å². The molecule has 2 heterocycles. The van der Waals surface area contributed by atoms with Crippen molar-refractivity contribution in [1.29, 1.82) is 0 Å². The highest BCUT2D eigenvalue weighted by molar-refractivity contribution is 7.15. The number of nitrogens with zero attached hydrogens (tertiary/aromatic N) is 3. The minimum absolute atomic E-state index is 0.160. The van der Waals surface area contributed by atoms with Crippen molar-refractivity contribution in [2.75, 3.05) is 0 Å². The summed E-state index contributed by atoms with van der Waals surface area (Å²) < 4.78 is 5.31. The Balaban J connectivity index is 2.30. The molecule has 7 heteroatoms. The summed E-state index contributed by atoms with van der Waals surface area (Å²) in [6.07, 6.45) is 2.20. The van der Waals surface area contributed by atoms with Crippen LogP contribution in [0.15, 0.2) is 10.5 Å². The van der Waals surface area contributed by atoms with Crippen molar-refractivity contribution in [3.05, 3.63) is 22.7 Å². The zero-order valence-electron chi connectivity index (χ0n) is 9.17. The van der Waals surface area contributed by atoms with E-state index in [9.17, 15) is 4.79 Å². The van der Waals surface area contributed by atoms with Crippen LogP contribution in [0.1, 0.15) is 16.6 Å². The molecular formula is C10H9N3O3S. The third-order valence-corrected chi connectivity index (χ3v) is 2.97. The first kappa shape index (κ1) is 11.5. The number of aromatic nitrogens is 3. The molecule has 0 saturated heterocycles. The summed E-state index contributed by atoms with van der Waals surface area (Å²) in [5.41, 5.74) is 0.824. The van der Waals surface area contributed by atoms with Crippen molar-refractivity contribution >= 4 is 23.4 Å². The highest BCUT2D eigenvalue weighted by Crippen LogP contribution is 2.28. The smallest absolute Gasteiger partial charge is 0.328 e. The Hall–Kier alpha value is -2.02. The zero-order chi connectivity index (χ0) is 12.4. The Morgan fingerprint density at radius 3 is 2.76 bits per heavy atom. The van der Waals surface area contributed by atoms with Crippen LogP contribution in [-0.4, -0.2) is 26.3 Å². The lowest BCUT2D eigenvalue weighted by Gasteiger charge is -1.87. The van der Waals surface area contributed by atoms with Gasteiger partial charge in [0.1, 0.15) is 4.88 Å². The maximum absolute atomic E-state index is 10.3. The van der Waals surface area contributed by atoms with Gasteiger partial charge in [-0.1, -0.05) is 0 Å². The molecule has 6 nitrogen and oxygen atoms in total. The molecule has 0 unspecified atom stereocenters. The van der Waals surface area contributed by atoms with Crippen LogP contribution in [0.2, 0.25) is 0 Å². The fraction of sp³-hybridized carbons (Fsp3) is 0.200. The summed E-state index contributed by atoms with van der Waals surface area (Å²) in [4.78, 5) is 15.4. The minimum Gasteiger partial charge on any atom is -0.478 e. The summed E-state index contributed by atoms with van der Waals surface area (Å²) in [7, 11) is 0. The predicted molar refractivity (Wildman–Crippen MR) is 61.5 cm³/mol. The van der Waals surface area contributed by atoms with Crippen LogP contribution in [0.3, 0.4) is 0 Å². The van der Waals surface area contributed by atoms with Crippen molar-refractivity contribution in [3.63, 3.8) is 0 Å². The van der Waals surface area contributed by atoms with Gasteiger partial charge in [0.2, 0.25) is 5.89 Å². The largest absolute Gasteiger partial charge is 0.478 e. The molecule has 88 valence electrons. The van der Waals surface area contributed by atoms with E-state index in [1.165, 1.54) is 17.4 Å². The molecule has 0 fully saturated rings. The molecule has 1 N–H and O–H groups in total. The number of thiazole rings is 1. The molecule has 0 aliphatic rings. The van der Waals surface area contributed by atoms with Gasteiger partial charge in [0.15, 0.2) is 0 Å². The molecule has 2 rings (SSSR count). The molecule has 0 aromatic carbocycles. The van der Waals surface area contributed by atoms with Crippen LogP contribution in [0.25, 0.3) is 16.8 Å². The van der Waals surface area contributed by atoms with Crippen molar-refractivity contribution < 1.29 is 14.3 Å². The number of aliphatic carboxylic acids is 1. The number of carboxylic acid groups (broad SMARTS) is 1. The van der Waals surface area contributed by atoms with E-state index in [4.69, 9.17) is 9.52 Å². The molecule has 0 spiro atoms. The fourth-order valence-electron chi connectivity index (χ4n) is 1.27. The van der Waals surface area contributed by atoms with Gasteiger partial charge in [-0.15, -0.1) is 21.5 Å². The Morgan fingerprint density at radius 1 is 1.41 bits per heavy atom. The van der Waals surface area contributed by atoms with Crippen LogP contribution < -0.4 is 0 Å². The molecular weight excluding hydrogens is 242 g/mol. The molecule has 0 aliphatic heterocycles. The molecule has 0 radical (unpaired) electrons. The molecule has 17 heavy (non-hydrogen) atoms. The quantitative estimate of drug-likeness (QED) is 0.838. The second-order valence-electron chi connectivity index (χ2n) is 3.26. The molecule has 0 aliphatic carbocycles. The lowest BCUT2D eigenvalue weighted by Crippen LogP contribution is -1.85. The lowest BCUT2D eigenvalue weighted by atomic mass is 10.4. The van der Waals surface area contributed by atoms with E-state index in [0.717, 1.165) is 21.7 Å². The first-order valence-electron chi connectivity index (χ1n) is 4.75. The van der Waals surface area contributed by atoms with Crippen molar-refractivity contribution in [3.8, 4) is 10.8 Å². The van der Waals surface area contributed by atoms with Crippen molar-refractivity contribution in [2.24, 2.45) is 0 Å². The molecule has 0 atom stereocenters. The van der Waals surface area contributed by atoms with Crippen molar-refractivity contribution in [1.82, 2.24) is 15.2 Å². The Labute approximate surface area is 101 Å². The van der Waals surface area contributed by atoms with E-state index < -0.39 is 5.97 Å². The number of carbonyl (C=O) groups is 1. The van der Waals surface area contributed by atoms with Crippen LogP contribution in [0.5, 0.6) is 0 Å². The fourth-order valence-corrected chi connectivity index (χ4v) is 2.11. The van der Waals surface area contributed by atoms with Gasteiger partial charge in [-0.25, -0.2) is 9.78 Å². The summed E-state index contributed by atoms with van der Waals surface area (Å²) in [5, 5.41) is 17.0. The number of hydrogen-bond acceptors (Lipinski definition) is 6. The van der Waals surface area contributed by atoms with E-state index >= 15 is 0 Å². The maximum atomic E-state index is 10.3. The van der Waals surface area contributed by atoms with Crippen LogP contribution >= 0.6 is 11.3 Å². The van der Waals surface area contributed by atoms with Gasteiger partial charge in [0.05, 0.1) is 10.7 Å². The van der Waals surface area contributed by atoms with E-state index in [1.54, 1.807) is 0 Å². The van der Waals surface area contributed by atoms with Gasteiger partial charge < -0.3 is 9.52 Å². The molecule has 0 saturated carbocycles. The van der Waals surface area contributed by atoms with E-state index in [-0.39, 0.29) is 5.89 Å². The highest BCUT2D eigenvalue weighted by atomic mass is 32.1. The molecule has 0 amide bonds. The second kappa shape index (κ2) is 4.46. The summed E-state index contributed by atoms with van der Waals surface area (Å²) in [5.74, 6) is -0.541. The monoisotopic (exact) mass is 251 g/mol. The Bertz CT molecular complexity index is 585. The van der Waals surface area contributed by atoms with Gasteiger partial charge >= 0.3 is 5.97 Å². The topological polar surface area (TPSA) is 89.1 Å². The normalized spacial score (nSPS) is 11.2. The zero-order valence-corrected chi connectivity index (χ0v) is 9.98. The van der Waals surface area contributed by atoms with E-state index in [0.29, 0.717) is 5.89 Å². The summed E-state index contributed by atoms with van der Waals surface area (Å²) in [6, 6.07) is 0. The van der Waals surface area contributed by atoms with E-state index in [2.05, 4.69) is 15.2 Å². The standard InChI is InChI=1S/C10H9N3O3S/c1-5-9(17-6(2)11-5)10-13-12-7(16-10)3-4-8(14)15/h3-4H,1-2H3,(H,14,15)/b4-3+. The third kappa shape index (κ3) is 2.56.